The van der Waals surface area contributed by atoms with Crippen LogP contribution in [0.2, 0.25) is 0 Å². The van der Waals surface area contributed by atoms with Gasteiger partial charge in [-0.1, -0.05) is 28.1 Å². The van der Waals surface area contributed by atoms with E-state index in [0.717, 1.165) is 17.6 Å². The first kappa shape index (κ1) is 14.5. The number of carbonyl (C=O) groups is 1. The molecule has 0 saturated carbocycles. The zero-order chi connectivity index (χ0) is 14.0. The minimum absolute atomic E-state index is 0.225. The van der Waals surface area contributed by atoms with Crippen molar-refractivity contribution in [3.63, 3.8) is 0 Å². The van der Waals surface area contributed by atoms with E-state index in [9.17, 15) is 4.79 Å². The molecule has 1 aromatic rings. The van der Waals surface area contributed by atoms with Gasteiger partial charge in [0.15, 0.2) is 0 Å². The molecule has 1 heterocycles. The zero-order valence-corrected chi connectivity index (χ0v) is 12.7. The van der Waals surface area contributed by atoms with Crippen molar-refractivity contribution in [3.05, 3.63) is 34.3 Å². The van der Waals surface area contributed by atoms with Crippen LogP contribution in [0.15, 0.2) is 28.7 Å². The van der Waals surface area contributed by atoms with E-state index in [4.69, 9.17) is 9.84 Å². The van der Waals surface area contributed by atoms with Crippen molar-refractivity contribution in [1.82, 2.24) is 4.90 Å². The van der Waals surface area contributed by atoms with Crippen LogP contribution in [0.3, 0.4) is 0 Å². The highest BCUT2D eigenvalue weighted by Crippen LogP contribution is 2.33. The van der Waals surface area contributed by atoms with E-state index in [1.807, 2.05) is 19.1 Å². The van der Waals surface area contributed by atoms with Crippen LogP contribution >= 0.6 is 15.9 Å². The Morgan fingerprint density at radius 1 is 1.47 bits per heavy atom. The Bertz CT molecular complexity index is 454. The molecule has 4 nitrogen and oxygen atoms in total. The third kappa shape index (κ3) is 3.55. The van der Waals surface area contributed by atoms with Crippen molar-refractivity contribution in [1.29, 1.82) is 0 Å². The Hall–Kier alpha value is -0.910. The maximum absolute atomic E-state index is 10.5. The topological polar surface area (TPSA) is 49.8 Å². The normalized spacial score (nSPS) is 19.7. The summed E-state index contributed by atoms with van der Waals surface area (Å²) in [5.41, 5.74) is 0.922. The van der Waals surface area contributed by atoms with Crippen LogP contribution in [-0.2, 0) is 9.53 Å². The fourth-order valence-electron chi connectivity index (χ4n) is 2.37. The lowest BCUT2D eigenvalue weighted by atomic mass is 9.92. The fraction of sp³-hybridized carbons (Fsp3) is 0.500. The molecule has 5 heteroatoms. The molecular formula is C14H18BrNO3. The molecule has 19 heavy (non-hydrogen) atoms. The van der Waals surface area contributed by atoms with Crippen LogP contribution in [0.25, 0.3) is 0 Å². The number of rotatable bonds is 5. The van der Waals surface area contributed by atoms with Crippen molar-refractivity contribution >= 4 is 21.9 Å². The molecule has 1 atom stereocenters. The monoisotopic (exact) mass is 327 g/mol. The number of ether oxygens (including phenoxy) is 1. The Morgan fingerprint density at radius 2 is 2.05 bits per heavy atom. The smallest absolute Gasteiger partial charge is 0.329 e. The summed E-state index contributed by atoms with van der Waals surface area (Å²) in [7, 11) is 0. The molecule has 0 bridgehead atoms. The highest BCUT2D eigenvalue weighted by Gasteiger charge is 2.42. The number of likely N-dealkylation sites (tertiary alicyclic amines) is 1. The summed E-state index contributed by atoms with van der Waals surface area (Å²) in [6, 6.07) is 8.58. The minimum Gasteiger partial charge on any atom is -0.480 e. The SMILES string of the molecule is CC(c1ccc(Br)cc1)N1CC(C)(OCC(=O)O)C1. The molecule has 2 rings (SSSR count). The number of carboxylic acid groups (broad SMARTS) is 1. The van der Waals surface area contributed by atoms with Crippen LogP contribution in [-0.4, -0.2) is 41.3 Å². The first-order valence-electron chi connectivity index (χ1n) is 6.25. The van der Waals surface area contributed by atoms with Gasteiger partial charge in [0.25, 0.3) is 0 Å². The molecule has 1 fully saturated rings. The maximum Gasteiger partial charge on any atom is 0.329 e. The lowest BCUT2D eigenvalue weighted by Crippen LogP contribution is -2.62. The molecule has 1 saturated heterocycles. The van der Waals surface area contributed by atoms with Crippen LogP contribution in [0.4, 0.5) is 0 Å². The number of carboxylic acids is 1. The lowest BCUT2D eigenvalue weighted by Gasteiger charge is -2.50. The Balaban J connectivity index is 1.89. The van der Waals surface area contributed by atoms with Gasteiger partial charge in [0.05, 0.1) is 5.60 Å². The molecule has 1 aliphatic heterocycles. The van der Waals surface area contributed by atoms with E-state index >= 15 is 0 Å². The summed E-state index contributed by atoms with van der Waals surface area (Å²) in [6.45, 7) is 5.41. The first-order chi connectivity index (χ1) is 8.89. The lowest BCUT2D eigenvalue weighted by molar-refractivity contribution is -0.169. The highest BCUT2D eigenvalue weighted by molar-refractivity contribution is 9.10. The van der Waals surface area contributed by atoms with E-state index in [1.54, 1.807) is 0 Å². The molecule has 0 amide bonds. The summed E-state index contributed by atoms with van der Waals surface area (Å²) < 4.78 is 6.48. The molecule has 1 aliphatic rings. The molecule has 1 N–H and O–H groups in total. The van der Waals surface area contributed by atoms with E-state index in [1.165, 1.54) is 5.56 Å². The van der Waals surface area contributed by atoms with Gasteiger partial charge in [-0.25, -0.2) is 4.79 Å². The quantitative estimate of drug-likeness (QED) is 0.903. The van der Waals surface area contributed by atoms with Gasteiger partial charge in [-0.2, -0.15) is 0 Å². The summed E-state index contributed by atoms with van der Waals surface area (Å²) in [4.78, 5) is 12.8. The summed E-state index contributed by atoms with van der Waals surface area (Å²) in [6.07, 6.45) is 0. The predicted molar refractivity (Wildman–Crippen MR) is 76.1 cm³/mol. The van der Waals surface area contributed by atoms with Gasteiger partial charge in [-0.05, 0) is 31.5 Å². The van der Waals surface area contributed by atoms with Crippen molar-refractivity contribution in [2.45, 2.75) is 25.5 Å². The predicted octanol–water partition coefficient (Wildman–Crippen LogP) is 2.69. The number of benzene rings is 1. The number of nitrogens with zero attached hydrogens (tertiary/aromatic N) is 1. The van der Waals surface area contributed by atoms with Gasteiger partial charge < -0.3 is 9.84 Å². The van der Waals surface area contributed by atoms with Crippen molar-refractivity contribution < 1.29 is 14.6 Å². The van der Waals surface area contributed by atoms with Crippen molar-refractivity contribution in [2.75, 3.05) is 19.7 Å². The third-order valence-corrected chi connectivity index (χ3v) is 4.05. The second kappa shape index (κ2) is 5.61. The van der Waals surface area contributed by atoms with Crippen molar-refractivity contribution in [3.8, 4) is 0 Å². The second-order valence-corrected chi connectivity index (χ2v) is 6.18. The van der Waals surface area contributed by atoms with Crippen LogP contribution in [0.5, 0.6) is 0 Å². The van der Waals surface area contributed by atoms with E-state index < -0.39 is 5.97 Å². The van der Waals surface area contributed by atoms with Crippen molar-refractivity contribution in [2.24, 2.45) is 0 Å². The van der Waals surface area contributed by atoms with Crippen LogP contribution < -0.4 is 0 Å². The number of aliphatic carboxylic acids is 1. The average molecular weight is 328 g/mol. The Labute approximate surface area is 121 Å². The van der Waals surface area contributed by atoms with Gasteiger partial charge in [0, 0.05) is 23.6 Å². The Morgan fingerprint density at radius 3 is 2.58 bits per heavy atom. The number of halogens is 1. The van der Waals surface area contributed by atoms with Gasteiger partial charge in [-0.15, -0.1) is 0 Å². The molecule has 0 spiro atoms. The molecular weight excluding hydrogens is 310 g/mol. The highest BCUT2D eigenvalue weighted by atomic mass is 79.9. The maximum atomic E-state index is 10.5. The number of hydrogen-bond donors (Lipinski definition) is 1. The second-order valence-electron chi connectivity index (χ2n) is 5.26. The largest absolute Gasteiger partial charge is 0.480 e. The van der Waals surface area contributed by atoms with E-state index in [0.29, 0.717) is 6.04 Å². The minimum atomic E-state index is -0.916. The molecule has 0 aliphatic carbocycles. The zero-order valence-electron chi connectivity index (χ0n) is 11.1. The third-order valence-electron chi connectivity index (χ3n) is 3.52. The van der Waals surface area contributed by atoms with Crippen LogP contribution in [0.1, 0.15) is 25.5 Å². The summed E-state index contributed by atoms with van der Waals surface area (Å²) >= 11 is 3.43. The summed E-state index contributed by atoms with van der Waals surface area (Å²) in [5, 5.41) is 8.63. The van der Waals surface area contributed by atoms with Gasteiger partial charge >= 0.3 is 5.97 Å². The van der Waals surface area contributed by atoms with Crippen LogP contribution in [0, 0.1) is 0 Å². The number of hydrogen-bond acceptors (Lipinski definition) is 3. The fourth-order valence-corrected chi connectivity index (χ4v) is 2.63. The standard InChI is InChI=1S/C14H18BrNO3/c1-10(11-3-5-12(15)6-4-11)16-8-14(2,9-16)19-7-13(17)18/h3-6,10H,7-9H2,1-2H3,(H,17,18). The Kier molecular flexibility index (Phi) is 4.28. The van der Waals surface area contributed by atoms with E-state index in [-0.39, 0.29) is 12.2 Å². The summed E-state index contributed by atoms with van der Waals surface area (Å²) in [5.74, 6) is -0.916. The molecule has 0 aromatic heterocycles. The van der Waals surface area contributed by atoms with E-state index in [2.05, 4.69) is 39.9 Å². The first-order valence-corrected chi connectivity index (χ1v) is 7.04. The van der Waals surface area contributed by atoms with Gasteiger partial charge in [0.1, 0.15) is 6.61 Å². The average Bonchev–Trinajstić information content (AvgIpc) is 2.33. The van der Waals surface area contributed by atoms with Gasteiger partial charge in [0.2, 0.25) is 0 Å². The van der Waals surface area contributed by atoms with Gasteiger partial charge in [-0.3, -0.25) is 4.90 Å². The molecule has 1 aromatic carbocycles. The molecule has 0 radical (unpaired) electrons. The molecule has 104 valence electrons. The molecule has 1 unspecified atom stereocenters.